The van der Waals surface area contributed by atoms with Crippen molar-refractivity contribution in [1.82, 2.24) is 67.6 Å². The maximum atomic E-state index is 14.6. The second-order valence-electron chi connectivity index (χ2n) is 24.4. The third-order valence-corrected chi connectivity index (χ3v) is 15.7. The summed E-state index contributed by atoms with van der Waals surface area (Å²) in [7, 11) is 0. The number of nitrogens with zero attached hydrogens (tertiary/aromatic N) is 4. The van der Waals surface area contributed by atoms with Crippen molar-refractivity contribution in [3.63, 3.8) is 0 Å². The minimum absolute atomic E-state index is 0.0333. The van der Waals surface area contributed by atoms with Gasteiger partial charge in [0, 0.05) is 44.4 Å². The number of rotatable bonds is 40. The number of aliphatic carboxylic acids is 1. The van der Waals surface area contributed by atoms with Gasteiger partial charge in [-0.25, -0.2) is 9.78 Å². The Balaban J connectivity index is 1.82. The largest absolute Gasteiger partial charge is 0.480 e. The van der Waals surface area contributed by atoms with Crippen LogP contribution in [0.2, 0.25) is 0 Å². The van der Waals surface area contributed by atoms with Crippen LogP contribution in [-0.4, -0.2) is 229 Å². The van der Waals surface area contributed by atoms with Gasteiger partial charge in [-0.2, -0.15) is 0 Å². The van der Waals surface area contributed by atoms with Crippen LogP contribution in [0.25, 0.3) is 0 Å². The maximum absolute atomic E-state index is 14.6. The second-order valence-corrected chi connectivity index (χ2v) is 24.4. The van der Waals surface area contributed by atoms with Gasteiger partial charge in [-0.1, -0.05) is 48.0 Å². The molecule has 13 atom stereocenters. The van der Waals surface area contributed by atoms with Crippen LogP contribution in [-0.2, 0) is 73.5 Å². The zero-order chi connectivity index (χ0) is 70.7. The summed E-state index contributed by atoms with van der Waals surface area (Å²) >= 11 is 0. The Morgan fingerprint density at radius 1 is 0.596 bits per heavy atom. The van der Waals surface area contributed by atoms with Gasteiger partial charge in [-0.05, 0) is 82.5 Å². The number of carboxylic acid groups (broad SMARTS) is 1. The van der Waals surface area contributed by atoms with Gasteiger partial charge in [0.15, 0.2) is 5.96 Å². The molecule has 36 nitrogen and oxygen atoms in total. The number of H-pyrrole nitrogens is 1. The number of nitrogens with two attached hydrogens (primary N) is 5. The molecule has 0 bridgehead atoms. The van der Waals surface area contributed by atoms with Crippen molar-refractivity contribution < 1.29 is 82.4 Å². The van der Waals surface area contributed by atoms with E-state index in [0.717, 1.165) is 0 Å². The van der Waals surface area contributed by atoms with E-state index < -0.39 is 194 Å². The number of aliphatic hydroxyl groups is 2. The highest BCUT2D eigenvalue weighted by molar-refractivity contribution is 6.00. The Bertz CT molecular complexity index is 2840. The van der Waals surface area contributed by atoms with Crippen molar-refractivity contribution in [3.05, 3.63) is 18.2 Å². The lowest BCUT2D eigenvalue weighted by Crippen LogP contribution is -2.61. The molecule has 1 aromatic heterocycles. The molecule has 2 aliphatic rings. The second kappa shape index (κ2) is 38.8. The predicted molar refractivity (Wildman–Crippen MR) is 335 cm³/mol. The molecule has 94 heavy (non-hydrogen) atoms. The summed E-state index contributed by atoms with van der Waals surface area (Å²) in [6.07, 6.45) is 2.17. The van der Waals surface area contributed by atoms with Gasteiger partial charge in [-0.3, -0.25) is 67.3 Å². The van der Waals surface area contributed by atoms with Gasteiger partial charge in [0.2, 0.25) is 76.8 Å². The molecule has 0 aromatic carbocycles. The highest BCUT2D eigenvalue weighted by Gasteiger charge is 2.44. The lowest BCUT2D eigenvalue weighted by atomic mass is 9.96. The molecule has 3 heterocycles. The third kappa shape index (κ3) is 25.4. The van der Waals surface area contributed by atoms with E-state index in [9.17, 15) is 82.4 Å². The molecule has 23 N–H and O–H groups in total. The number of likely N-dealkylation sites (tertiary alicyclic amines) is 2. The van der Waals surface area contributed by atoms with Gasteiger partial charge in [-0.15, -0.1) is 0 Å². The number of aromatic amines is 1. The van der Waals surface area contributed by atoms with E-state index in [1.807, 2.05) is 13.8 Å². The zero-order valence-electron chi connectivity index (χ0n) is 54.3. The monoisotopic (exact) mass is 1330 g/mol. The fourth-order valence-electron chi connectivity index (χ4n) is 10.5. The SMILES string of the molecule is CC[C@H](C)[C@H](NC(=O)[C@@H]1CCCN1C(=O)[C@H](CC(C)C)NC(=O)[C@@H](N)CO)C(=O)N1CCC[C@H]1C(=O)N[C@@H](CO)C(=O)N[C@@H](Cc1cnc[nH]1)C(=O)N[C@@H](C)C(=O)N[C@@H](CCCN=C(N)N)C(=O)N[C@@H](CC(C)C)C(=O)N[C@@H](CCC(N)=O)C(=O)N[C@@H](CC(N)=O)C(=O)O. The highest BCUT2D eigenvalue weighted by atomic mass is 16.4. The summed E-state index contributed by atoms with van der Waals surface area (Å²) in [5.74, 6) is -14.2. The van der Waals surface area contributed by atoms with Gasteiger partial charge in [0.1, 0.15) is 72.5 Å². The summed E-state index contributed by atoms with van der Waals surface area (Å²) in [6, 6.07) is -16.9. The molecule has 2 fully saturated rings. The number of carbonyl (C=O) groups excluding carboxylic acids is 13. The lowest BCUT2D eigenvalue weighted by molar-refractivity contribution is -0.145. The van der Waals surface area contributed by atoms with Gasteiger partial charge >= 0.3 is 5.97 Å². The Morgan fingerprint density at radius 2 is 1.10 bits per heavy atom. The summed E-state index contributed by atoms with van der Waals surface area (Å²) in [5.41, 5.74) is 27.5. The smallest absolute Gasteiger partial charge is 0.326 e. The molecule has 0 saturated carbocycles. The van der Waals surface area contributed by atoms with Crippen LogP contribution in [0, 0.1) is 17.8 Å². The number of aliphatic hydroxyl groups excluding tert-OH is 2. The van der Waals surface area contributed by atoms with E-state index in [-0.39, 0.29) is 82.4 Å². The lowest BCUT2D eigenvalue weighted by Gasteiger charge is -2.34. The summed E-state index contributed by atoms with van der Waals surface area (Å²) in [6.45, 7) is 10.4. The molecule has 1 aromatic rings. The number of imidazole rings is 1. The zero-order valence-corrected chi connectivity index (χ0v) is 54.3. The molecule has 13 amide bonds. The number of aliphatic imine (C=N–C) groups is 1. The molecule has 36 heteroatoms. The van der Waals surface area contributed by atoms with E-state index in [1.54, 1.807) is 27.7 Å². The minimum Gasteiger partial charge on any atom is -0.480 e. The quantitative estimate of drug-likeness (QED) is 0.0165. The van der Waals surface area contributed by atoms with Crippen molar-refractivity contribution in [3.8, 4) is 0 Å². The van der Waals surface area contributed by atoms with Crippen LogP contribution < -0.4 is 76.5 Å². The van der Waals surface area contributed by atoms with Crippen LogP contribution >= 0.6 is 0 Å². The normalized spacial score (nSPS) is 18.0. The van der Waals surface area contributed by atoms with Crippen molar-refractivity contribution in [2.75, 3.05) is 32.8 Å². The fourth-order valence-corrected chi connectivity index (χ4v) is 10.5. The Morgan fingerprint density at radius 3 is 1.62 bits per heavy atom. The molecular weight excluding hydrogens is 1230 g/mol. The number of carbonyl (C=O) groups is 14. The van der Waals surface area contributed by atoms with E-state index >= 15 is 0 Å². The van der Waals surface area contributed by atoms with Crippen molar-refractivity contribution >= 4 is 88.7 Å². The first kappa shape index (κ1) is 79.2. The molecule has 0 radical (unpaired) electrons. The molecule has 2 aliphatic heterocycles. The number of primary amides is 2. The predicted octanol–water partition coefficient (Wildman–Crippen LogP) is -6.95. The number of aromatic nitrogens is 2. The number of hydrogen-bond donors (Lipinski definition) is 18. The van der Waals surface area contributed by atoms with Crippen molar-refractivity contribution in [1.29, 1.82) is 0 Å². The first-order valence-corrected chi connectivity index (χ1v) is 31.4. The van der Waals surface area contributed by atoms with E-state index in [0.29, 0.717) is 25.0 Å². The summed E-state index contributed by atoms with van der Waals surface area (Å²) in [4.78, 5) is 202. The van der Waals surface area contributed by atoms with Crippen LogP contribution in [0.3, 0.4) is 0 Å². The average molecular weight is 1330 g/mol. The third-order valence-electron chi connectivity index (χ3n) is 15.7. The molecule has 0 spiro atoms. The Hall–Kier alpha value is -9.06. The summed E-state index contributed by atoms with van der Waals surface area (Å²) < 4.78 is 0. The molecule has 2 saturated heterocycles. The molecule has 0 aliphatic carbocycles. The van der Waals surface area contributed by atoms with Crippen LogP contribution in [0.1, 0.15) is 131 Å². The van der Waals surface area contributed by atoms with E-state index in [1.165, 1.54) is 29.2 Å². The van der Waals surface area contributed by atoms with Gasteiger partial charge in [0.25, 0.3) is 0 Å². The van der Waals surface area contributed by atoms with E-state index in [2.05, 4.69) is 62.8 Å². The van der Waals surface area contributed by atoms with Gasteiger partial charge < -0.3 is 107 Å². The van der Waals surface area contributed by atoms with Crippen LogP contribution in [0.15, 0.2) is 17.5 Å². The first-order valence-electron chi connectivity index (χ1n) is 31.4. The minimum atomic E-state index is -1.81. The average Bonchev–Trinajstić information content (AvgIpc) is 1.60. The standard InChI is InChI=1S/C58H97N19O17/c1-8-30(6)45(75-54(90)42-14-10-18-76(42)55(91)38(21-29(4)5)72-47(83)33(59)25-78)56(92)77-19-11-13-41(77)53(89)74-40(26-79)52(88)71-37(22-32-24-64-27-66-32)50(86)67-31(7)46(82)68-34(12-9-17-65-58(62)63)48(84)70-36(20-28(2)3)51(87)69-35(15-16-43(60)80)49(85)73-39(57(93)94)23-44(61)81/h24,27-31,33-42,45,78-79H,8-23,25-26,59H2,1-7H3,(H2,60,80)(H2,61,81)(H,64,66)(H,67,86)(H,68,82)(H,69,87)(H,70,84)(H,71,88)(H,72,83)(H,73,85)(H,74,89)(H,75,90)(H,93,94)(H4,62,63,65)/t30-,31-,33-,34-,35-,36-,37-,38-,39-,40-,41-,42-,45-/m0/s1. The molecule has 0 unspecified atom stereocenters. The number of amides is 13. The Labute approximate surface area is 544 Å². The number of nitrogens with one attached hydrogen (secondary N) is 10. The van der Waals surface area contributed by atoms with Crippen molar-refractivity contribution in [2.24, 2.45) is 51.4 Å². The van der Waals surface area contributed by atoms with Crippen LogP contribution in [0.5, 0.6) is 0 Å². The first-order chi connectivity index (χ1) is 44.2. The topological polar surface area (TPSA) is 586 Å². The number of hydrogen-bond acceptors (Lipinski definition) is 19. The maximum Gasteiger partial charge on any atom is 0.326 e. The molecular formula is C58H97N19O17. The number of carboxylic acids is 1. The molecule has 3 rings (SSSR count). The van der Waals surface area contributed by atoms with E-state index in [4.69, 9.17) is 28.7 Å². The highest BCUT2D eigenvalue weighted by Crippen LogP contribution is 2.25. The van der Waals surface area contributed by atoms with Crippen molar-refractivity contribution in [2.45, 2.75) is 204 Å². The molecule has 526 valence electrons. The number of guanidine groups is 1. The Kier molecular flexibility index (Phi) is 32.7. The summed E-state index contributed by atoms with van der Waals surface area (Å²) in [5, 5.41) is 52.0. The fraction of sp³-hybridized carbons (Fsp3) is 0.690. The van der Waals surface area contributed by atoms with Gasteiger partial charge in [0.05, 0.1) is 26.0 Å². The van der Waals surface area contributed by atoms with Crippen LogP contribution in [0.4, 0.5) is 0 Å².